The fourth-order valence-electron chi connectivity index (χ4n) is 3.39. The van der Waals surface area contributed by atoms with Gasteiger partial charge in [-0.15, -0.1) is 0 Å². The molecule has 1 amide bonds. The van der Waals surface area contributed by atoms with Gasteiger partial charge in [-0.3, -0.25) is 4.79 Å². The lowest BCUT2D eigenvalue weighted by Gasteiger charge is -2.45. The molecule has 0 saturated carbocycles. The molecule has 2 aliphatic heterocycles. The molecule has 0 bridgehead atoms. The molecular formula is C16H20Cl2N2O4. The lowest BCUT2D eigenvalue weighted by atomic mass is 9.92. The lowest BCUT2D eigenvalue weighted by Crippen LogP contribution is -2.65. The van der Waals surface area contributed by atoms with Crippen LogP contribution in [0.25, 0.3) is 0 Å². The number of aliphatic hydroxyl groups excluding tert-OH is 1. The molecule has 1 aromatic rings. The van der Waals surface area contributed by atoms with Gasteiger partial charge >= 0.3 is 0 Å². The van der Waals surface area contributed by atoms with E-state index < -0.39 is 5.60 Å². The van der Waals surface area contributed by atoms with Crippen LogP contribution in [0.15, 0.2) is 12.1 Å². The van der Waals surface area contributed by atoms with Crippen LogP contribution < -0.4 is 5.32 Å². The van der Waals surface area contributed by atoms with E-state index in [9.17, 15) is 15.0 Å². The zero-order valence-electron chi connectivity index (χ0n) is 13.0. The summed E-state index contributed by atoms with van der Waals surface area (Å²) in [6.45, 7) is 0.646. The number of halogens is 2. The number of carbonyl (C=O) groups excluding carboxylic acids is 1. The monoisotopic (exact) mass is 374 g/mol. The number of amides is 1. The van der Waals surface area contributed by atoms with E-state index >= 15 is 0 Å². The number of carbonyl (C=O) groups is 1. The molecule has 0 aliphatic carbocycles. The van der Waals surface area contributed by atoms with Gasteiger partial charge in [-0.05, 0) is 31.0 Å². The van der Waals surface area contributed by atoms with E-state index in [1.807, 2.05) is 0 Å². The summed E-state index contributed by atoms with van der Waals surface area (Å²) >= 11 is 12.2. The Balaban J connectivity index is 1.59. The van der Waals surface area contributed by atoms with E-state index in [1.165, 1.54) is 6.07 Å². The van der Waals surface area contributed by atoms with Crippen molar-refractivity contribution in [1.29, 1.82) is 0 Å². The molecule has 2 fully saturated rings. The Labute approximate surface area is 150 Å². The maximum atomic E-state index is 12.2. The van der Waals surface area contributed by atoms with Crippen molar-refractivity contribution in [2.24, 2.45) is 5.92 Å². The molecular weight excluding hydrogens is 355 g/mol. The summed E-state index contributed by atoms with van der Waals surface area (Å²) < 4.78 is 0. The quantitative estimate of drug-likeness (QED) is 0.637. The lowest BCUT2D eigenvalue weighted by molar-refractivity contribution is -0.163. The molecule has 3 rings (SSSR count). The van der Waals surface area contributed by atoms with Gasteiger partial charge in [0, 0.05) is 18.0 Å². The Bertz CT molecular complexity index is 649. The largest absolute Gasteiger partial charge is 0.508 e. The average molecular weight is 375 g/mol. The van der Waals surface area contributed by atoms with Gasteiger partial charge in [0.25, 0.3) is 0 Å². The minimum atomic E-state index is -1.15. The zero-order chi connectivity index (χ0) is 17.5. The summed E-state index contributed by atoms with van der Waals surface area (Å²) in [6.07, 6.45) is 1.02. The first-order valence-corrected chi connectivity index (χ1v) is 8.60. The van der Waals surface area contributed by atoms with Gasteiger partial charge in [-0.25, -0.2) is 0 Å². The molecule has 0 radical (unpaired) electrons. The Morgan fingerprint density at radius 3 is 2.75 bits per heavy atom. The number of nitrogens with zero attached hydrogens (tertiary/aromatic N) is 1. The zero-order valence-corrected chi connectivity index (χ0v) is 14.5. The van der Waals surface area contributed by atoms with E-state index in [2.05, 4.69) is 5.32 Å². The molecule has 24 heavy (non-hydrogen) atoms. The fourth-order valence-corrected chi connectivity index (χ4v) is 3.84. The topological polar surface area (TPSA) is 93.0 Å². The molecule has 2 heterocycles. The molecule has 0 aromatic heterocycles. The predicted molar refractivity (Wildman–Crippen MR) is 90.2 cm³/mol. The normalized spacial score (nSPS) is 25.6. The van der Waals surface area contributed by atoms with Crippen molar-refractivity contribution in [3.63, 3.8) is 0 Å². The number of hydrogen-bond donors (Lipinski definition) is 4. The number of rotatable bonds is 4. The van der Waals surface area contributed by atoms with Crippen molar-refractivity contribution in [2.75, 3.05) is 26.2 Å². The minimum Gasteiger partial charge on any atom is -0.508 e. The maximum Gasteiger partial charge on any atom is 0.223 e. The summed E-state index contributed by atoms with van der Waals surface area (Å²) in [7, 11) is 0. The summed E-state index contributed by atoms with van der Waals surface area (Å²) in [5.41, 5.74) is -0.579. The second-order valence-electron chi connectivity index (χ2n) is 6.69. The standard InChI is InChI=1S/C16H20Cl2N2O4/c17-10-1-2-12(22)14(15(10)18)11-3-9(5-19-11)4-13(23)20-6-16(24,7-20)8-21/h1-2,9,11,19,21-22,24H,3-8H2. The smallest absolute Gasteiger partial charge is 0.223 e. The highest BCUT2D eigenvalue weighted by Gasteiger charge is 2.43. The van der Waals surface area contributed by atoms with E-state index in [1.54, 1.807) is 11.0 Å². The van der Waals surface area contributed by atoms with Crippen molar-refractivity contribution < 1.29 is 20.1 Å². The molecule has 2 saturated heterocycles. The van der Waals surface area contributed by atoms with Gasteiger partial charge in [0.15, 0.2) is 0 Å². The van der Waals surface area contributed by atoms with Crippen LogP contribution in [-0.4, -0.2) is 58.0 Å². The van der Waals surface area contributed by atoms with E-state index in [4.69, 9.17) is 28.3 Å². The van der Waals surface area contributed by atoms with Crippen LogP contribution >= 0.6 is 23.2 Å². The first-order chi connectivity index (χ1) is 11.3. The molecule has 2 unspecified atom stereocenters. The van der Waals surface area contributed by atoms with Crippen LogP contribution in [0, 0.1) is 5.92 Å². The van der Waals surface area contributed by atoms with Crippen molar-refractivity contribution >= 4 is 29.1 Å². The average Bonchev–Trinajstić information content (AvgIpc) is 2.96. The van der Waals surface area contributed by atoms with Gasteiger partial charge in [0.05, 0.1) is 29.7 Å². The maximum absolute atomic E-state index is 12.2. The van der Waals surface area contributed by atoms with Crippen LogP contribution in [0.2, 0.25) is 10.0 Å². The summed E-state index contributed by atoms with van der Waals surface area (Å²) in [5.74, 6) is 0.159. The van der Waals surface area contributed by atoms with Crippen molar-refractivity contribution in [1.82, 2.24) is 10.2 Å². The number of aromatic hydroxyl groups is 1. The van der Waals surface area contributed by atoms with Gasteiger partial charge in [-0.1, -0.05) is 23.2 Å². The third-order valence-electron chi connectivity index (χ3n) is 4.76. The Kier molecular flexibility index (Phi) is 4.95. The summed E-state index contributed by atoms with van der Waals surface area (Å²) in [6, 6.07) is 2.91. The number of β-amino-alcohol motifs (C(OH)–C–C–N with tert-alkyl or cyclic N) is 1. The van der Waals surface area contributed by atoms with E-state index in [0.717, 1.165) is 0 Å². The van der Waals surface area contributed by atoms with E-state index in [-0.39, 0.29) is 43.3 Å². The molecule has 1 aromatic carbocycles. The molecule has 0 spiro atoms. The van der Waals surface area contributed by atoms with Crippen molar-refractivity contribution in [2.45, 2.75) is 24.5 Å². The number of benzene rings is 1. The fraction of sp³-hybridized carbons (Fsp3) is 0.562. The van der Waals surface area contributed by atoms with Crippen LogP contribution in [0.3, 0.4) is 0 Å². The molecule has 2 aliphatic rings. The highest BCUT2D eigenvalue weighted by molar-refractivity contribution is 6.42. The van der Waals surface area contributed by atoms with E-state index in [0.29, 0.717) is 35.0 Å². The third-order valence-corrected chi connectivity index (χ3v) is 5.58. The van der Waals surface area contributed by atoms with Crippen LogP contribution in [0.1, 0.15) is 24.4 Å². The molecule has 6 nitrogen and oxygen atoms in total. The molecule has 4 N–H and O–H groups in total. The SMILES string of the molecule is O=C(CC1CNC(c2c(O)ccc(Cl)c2Cl)C1)N1CC(O)(CO)C1. The minimum absolute atomic E-state index is 0.0398. The van der Waals surface area contributed by atoms with Gasteiger partial charge in [0.1, 0.15) is 11.4 Å². The molecule has 2 atom stereocenters. The highest BCUT2D eigenvalue weighted by atomic mass is 35.5. The van der Waals surface area contributed by atoms with Crippen LogP contribution in [-0.2, 0) is 4.79 Å². The second kappa shape index (κ2) is 6.69. The first kappa shape index (κ1) is 17.8. The number of hydrogen-bond acceptors (Lipinski definition) is 5. The first-order valence-electron chi connectivity index (χ1n) is 7.84. The van der Waals surface area contributed by atoms with Gasteiger partial charge in [0.2, 0.25) is 5.91 Å². The Morgan fingerprint density at radius 1 is 1.38 bits per heavy atom. The van der Waals surface area contributed by atoms with Crippen molar-refractivity contribution in [3.8, 4) is 5.75 Å². The number of likely N-dealkylation sites (tertiary alicyclic amines) is 1. The summed E-state index contributed by atoms with van der Waals surface area (Å²) in [4.78, 5) is 13.8. The summed E-state index contributed by atoms with van der Waals surface area (Å²) in [5, 5.41) is 32.8. The van der Waals surface area contributed by atoms with Crippen LogP contribution in [0.4, 0.5) is 0 Å². The Hall–Kier alpha value is -1.05. The number of nitrogens with one attached hydrogen (secondary N) is 1. The Morgan fingerprint density at radius 2 is 2.08 bits per heavy atom. The number of aliphatic hydroxyl groups is 2. The predicted octanol–water partition coefficient (Wildman–Crippen LogP) is 1.31. The van der Waals surface area contributed by atoms with Gasteiger partial charge in [-0.2, -0.15) is 0 Å². The van der Waals surface area contributed by atoms with Crippen molar-refractivity contribution in [3.05, 3.63) is 27.7 Å². The number of phenolic OH excluding ortho intramolecular Hbond substituents is 1. The molecule has 8 heteroatoms. The highest BCUT2D eigenvalue weighted by Crippen LogP contribution is 2.41. The molecule has 132 valence electrons. The third kappa shape index (κ3) is 3.34. The van der Waals surface area contributed by atoms with Crippen LogP contribution in [0.5, 0.6) is 5.75 Å². The number of phenols is 1. The second-order valence-corrected chi connectivity index (χ2v) is 7.48. The van der Waals surface area contributed by atoms with Gasteiger partial charge < -0.3 is 25.5 Å².